The van der Waals surface area contributed by atoms with Crippen LogP contribution >= 0.6 is 23.1 Å². The van der Waals surface area contributed by atoms with Gasteiger partial charge in [-0.2, -0.15) is 0 Å². The van der Waals surface area contributed by atoms with E-state index < -0.39 is 5.97 Å². The summed E-state index contributed by atoms with van der Waals surface area (Å²) in [5.41, 5.74) is 2.90. The first-order valence-corrected chi connectivity index (χ1v) is 13.7. The molecule has 0 aliphatic carbocycles. The topological polar surface area (TPSA) is 105 Å². The number of benzene rings is 2. The van der Waals surface area contributed by atoms with E-state index in [1.54, 1.807) is 14.2 Å². The highest BCUT2D eigenvalue weighted by Gasteiger charge is 2.23. The molecule has 0 spiro atoms. The first kappa shape index (κ1) is 27.2. The number of aromatic nitrogens is 3. The van der Waals surface area contributed by atoms with E-state index in [2.05, 4.69) is 15.5 Å². The van der Waals surface area contributed by atoms with E-state index in [4.69, 9.17) is 14.2 Å². The highest BCUT2D eigenvalue weighted by molar-refractivity contribution is 7.99. The summed E-state index contributed by atoms with van der Waals surface area (Å²) in [5.74, 6) is 1.65. The van der Waals surface area contributed by atoms with Gasteiger partial charge in [-0.15, -0.1) is 21.5 Å². The Morgan fingerprint density at radius 1 is 0.974 bits per heavy atom. The van der Waals surface area contributed by atoms with E-state index in [0.717, 1.165) is 22.7 Å². The minimum atomic E-state index is -0.520. The summed E-state index contributed by atoms with van der Waals surface area (Å²) in [7, 11) is 4.55. The van der Waals surface area contributed by atoms with Crippen LogP contribution in [0.15, 0.2) is 59.1 Å². The second-order valence-corrected chi connectivity index (χ2v) is 9.90. The monoisotopic (exact) mass is 552 g/mol. The smallest absolute Gasteiger partial charge is 0.341 e. The standard InChI is InChI=1S/C27H28N4O5S2/c1-5-31-22(14-17-6-10-19(34-2)11-7-17)29-30-27(31)38-16-23(32)28-25-24(26(33)36-4)21(15-37-25)18-8-12-20(35-3)13-9-18/h6-13,15H,5,14,16H2,1-4H3,(H,28,32). The van der Waals surface area contributed by atoms with Crippen LogP contribution in [0.4, 0.5) is 5.00 Å². The summed E-state index contributed by atoms with van der Waals surface area (Å²) >= 11 is 2.57. The van der Waals surface area contributed by atoms with Crippen LogP contribution in [-0.2, 0) is 22.5 Å². The molecule has 4 aromatic rings. The Morgan fingerprint density at radius 3 is 2.24 bits per heavy atom. The van der Waals surface area contributed by atoms with Gasteiger partial charge in [-0.05, 0) is 42.3 Å². The minimum Gasteiger partial charge on any atom is -0.497 e. The molecule has 1 N–H and O–H groups in total. The lowest BCUT2D eigenvalue weighted by Gasteiger charge is -2.09. The zero-order chi connectivity index (χ0) is 27.1. The Labute approximate surface area is 229 Å². The molecule has 0 saturated heterocycles. The van der Waals surface area contributed by atoms with E-state index in [9.17, 15) is 9.59 Å². The molecule has 0 fully saturated rings. The van der Waals surface area contributed by atoms with Crippen molar-refractivity contribution >= 4 is 40.0 Å². The molecular weight excluding hydrogens is 524 g/mol. The van der Waals surface area contributed by atoms with Gasteiger partial charge in [-0.25, -0.2) is 4.79 Å². The lowest BCUT2D eigenvalue weighted by atomic mass is 10.0. The molecule has 9 nitrogen and oxygen atoms in total. The number of thioether (sulfide) groups is 1. The number of anilines is 1. The van der Waals surface area contributed by atoms with Crippen molar-refractivity contribution < 1.29 is 23.8 Å². The van der Waals surface area contributed by atoms with Crippen LogP contribution in [0, 0.1) is 0 Å². The van der Waals surface area contributed by atoms with Crippen LogP contribution in [0.25, 0.3) is 11.1 Å². The number of amides is 1. The fourth-order valence-corrected chi connectivity index (χ4v) is 5.63. The normalized spacial score (nSPS) is 10.7. The van der Waals surface area contributed by atoms with Crippen molar-refractivity contribution in [3.8, 4) is 22.6 Å². The maximum atomic E-state index is 12.9. The number of esters is 1. The number of ether oxygens (including phenoxy) is 3. The predicted octanol–water partition coefficient (Wildman–Crippen LogP) is 5.15. The lowest BCUT2D eigenvalue weighted by Crippen LogP contribution is -2.16. The molecule has 0 saturated carbocycles. The number of nitrogens with one attached hydrogen (secondary N) is 1. The number of hydrogen-bond donors (Lipinski definition) is 1. The molecule has 2 aromatic carbocycles. The van der Waals surface area contributed by atoms with Crippen molar-refractivity contribution in [2.45, 2.75) is 25.0 Å². The van der Waals surface area contributed by atoms with E-state index >= 15 is 0 Å². The molecule has 38 heavy (non-hydrogen) atoms. The molecule has 11 heteroatoms. The summed E-state index contributed by atoms with van der Waals surface area (Å²) < 4.78 is 17.4. The van der Waals surface area contributed by atoms with Crippen LogP contribution in [0.1, 0.15) is 28.7 Å². The number of carbonyl (C=O) groups is 2. The van der Waals surface area contributed by atoms with E-state index in [0.29, 0.717) is 40.0 Å². The Kier molecular flexibility index (Phi) is 9.03. The SMILES string of the molecule is CCn1c(Cc2ccc(OC)cc2)nnc1SCC(=O)Nc1scc(-c2ccc(OC)cc2)c1C(=O)OC. The van der Waals surface area contributed by atoms with E-state index in [-0.39, 0.29) is 11.7 Å². The number of carbonyl (C=O) groups excluding carboxylic acids is 2. The van der Waals surface area contributed by atoms with Crippen LogP contribution in [0.3, 0.4) is 0 Å². The third-order valence-corrected chi connectivity index (χ3v) is 7.66. The Hall–Kier alpha value is -3.83. The largest absolute Gasteiger partial charge is 0.497 e. The molecule has 0 aliphatic rings. The number of methoxy groups -OCH3 is 3. The van der Waals surface area contributed by atoms with Crippen LogP contribution in [0.2, 0.25) is 0 Å². The van der Waals surface area contributed by atoms with Gasteiger partial charge in [0.25, 0.3) is 0 Å². The van der Waals surface area contributed by atoms with Crippen molar-refractivity contribution in [2.24, 2.45) is 0 Å². The summed E-state index contributed by atoms with van der Waals surface area (Å²) in [6.45, 7) is 2.69. The first-order chi connectivity index (χ1) is 18.5. The van der Waals surface area contributed by atoms with Crippen molar-refractivity contribution in [1.29, 1.82) is 0 Å². The predicted molar refractivity (Wildman–Crippen MR) is 148 cm³/mol. The third kappa shape index (κ3) is 6.17. The van der Waals surface area contributed by atoms with Gasteiger partial charge >= 0.3 is 5.97 Å². The average molecular weight is 553 g/mol. The summed E-state index contributed by atoms with van der Waals surface area (Å²) in [6.07, 6.45) is 0.614. The van der Waals surface area contributed by atoms with Crippen molar-refractivity contribution in [3.63, 3.8) is 0 Å². The average Bonchev–Trinajstić information content (AvgIpc) is 3.55. The van der Waals surface area contributed by atoms with Gasteiger partial charge in [0, 0.05) is 23.9 Å². The number of rotatable bonds is 11. The minimum absolute atomic E-state index is 0.108. The van der Waals surface area contributed by atoms with Crippen LogP contribution in [-0.4, -0.2) is 53.7 Å². The molecule has 0 bridgehead atoms. The quantitative estimate of drug-likeness (QED) is 0.201. The highest BCUT2D eigenvalue weighted by Crippen LogP contribution is 2.37. The van der Waals surface area contributed by atoms with Gasteiger partial charge in [-0.3, -0.25) is 4.79 Å². The fraction of sp³-hybridized carbons (Fsp3) is 0.259. The number of hydrogen-bond acceptors (Lipinski definition) is 9. The molecule has 2 aromatic heterocycles. The van der Waals surface area contributed by atoms with Crippen LogP contribution < -0.4 is 14.8 Å². The number of thiophene rings is 1. The third-order valence-electron chi connectivity index (χ3n) is 5.80. The maximum Gasteiger partial charge on any atom is 0.341 e. The second kappa shape index (κ2) is 12.6. The lowest BCUT2D eigenvalue weighted by molar-refractivity contribution is -0.113. The zero-order valence-electron chi connectivity index (χ0n) is 21.5. The molecule has 0 aliphatic heterocycles. The van der Waals surface area contributed by atoms with Crippen molar-refractivity contribution in [3.05, 3.63) is 70.9 Å². The molecule has 0 unspecified atom stereocenters. The van der Waals surface area contributed by atoms with Crippen LogP contribution in [0.5, 0.6) is 11.5 Å². The van der Waals surface area contributed by atoms with E-state index in [1.165, 1.54) is 30.2 Å². The fourth-order valence-electron chi connectivity index (χ4n) is 3.83. The van der Waals surface area contributed by atoms with Gasteiger partial charge in [0.2, 0.25) is 5.91 Å². The molecular formula is C27H28N4O5S2. The van der Waals surface area contributed by atoms with Crippen molar-refractivity contribution in [2.75, 3.05) is 32.4 Å². The van der Waals surface area contributed by atoms with Crippen molar-refractivity contribution in [1.82, 2.24) is 14.8 Å². The van der Waals surface area contributed by atoms with Gasteiger partial charge in [0.1, 0.15) is 27.9 Å². The van der Waals surface area contributed by atoms with E-state index in [1.807, 2.05) is 65.4 Å². The van der Waals surface area contributed by atoms with Gasteiger partial charge in [0.05, 0.1) is 27.1 Å². The molecule has 0 radical (unpaired) electrons. The zero-order valence-corrected chi connectivity index (χ0v) is 23.1. The maximum absolute atomic E-state index is 12.9. The Bertz CT molecular complexity index is 1400. The first-order valence-electron chi connectivity index (χ1n) is 11.8. The second-order valence-electron chi connectivity index (χ2n) is 8.08. The Morgan fingerprint density at radius 2 is 1.63 bits per heavy atom. The van der Waals surface area contributed by atoms with Gasteiger partial charge in [0.15, 0.2) is 5.16 Å². The summed E-state index contributed by atoms with van der Waals surface area (Å²) in [5, 5.41) is 14.4. The molecule has 4 rings (SSSR count). The Balaban J connectivity index is 1.45. The molecule has 1 amide bonds. The summed E-state index contributed by atoms with van der Waals surface area (Å²) in [4.78, 5) is 25.5. The molecule has 198 valence electrons. The molecule has 0 atom stereocenters. The summed E-state index contributed by atoms with van der Waals surface area (Å²) in [6, 6.07) is 15.2. The molecule has 2 heterocycles. The highest BCUT2D eigenvalue weighted by atomic mass is 32.2. The van der Waals surface area contributed by atoms with Gasteiger partial charge in [-0.1, -0.05) is 36.0 Å². The van der Waals surface area contributed by atoms with Gasteiger partial charge < -0.3 is 24.1 Å². The number of nitrogens with zero attached hydrogens (tertiary/aromatic N) is 3.